The topological polar surface area (TPSA) is 30.2 Å². The van der Waals surface area contributed by atoms with Crippen LogP contribution in [0.4, 0.5) is 4.39 Å². The molecule has 22 heavy (non-hydrogen) atoms. The summed E-state index contributed by atoms with van der Waals surface area (Å²) in [7, 11) is 0. The molecule has 0 fully saturated rings. The van der Waals surface area contributed by atoms with Crippen molar-refractivity contribution in [2.24, 2.45) is 0 Å². The van der Waals surface area contributed by atoms with Crippen LogP contribution in [0.3, 0.4) is 0 Å². The molecule has 0 unspecified atom stereocenters. The average Bonchev–Trinajstić information content (AvgIpc) is 2.90. The number of rotatable bonds is 4. The van der Waals surface area contributed by atoms with Crippen molar-refractivity contribution in [2.75, 3.05) is 0 Å². The van der Waals surface area contributed by atoms with E-state index in [1.165, 1.54) is 6.07 Å². The number of hydrogen-bond donors (Lipinski definition) is 0. The minimum absolute atomic E-state index is 0.278. The van der Waals surface area contributed by atoms with Crippen LogP contribution in [0.2, 0.25) is 0 Å². The van der Waals surface area contributed by atoms with Crippen LogP contribution in [0.25, 0.3) is 22.3 Å². The monoisotopic (exact) mass is 295 g/mol. The molecule has 0 spiro atoms. The van der Waals surface area contributed by atoms with Crippen LogP contribution in [0, 0.1) is 12.7 Å². The van der Waals surface area contributed by atoms with E-state index in [0.717, 1.165) is 35.1 Å². The van der Waals surface area contributed by atoms with Gasteiger partial charge in [0.2, 0.25) is 0 Å². The number of fused-ring (bicyclic) bond motifs is 1. The molecule has 1 aromatic carbocycles. The van der Waals surface area contributed by atoms with E-state index >= 15 is 0 Å². The van der Waals surface area contributed by atoms with Crippen LogP contribution in [0.15, 0.2) is 43.1 Å². The largest absolute Gasteiger partial charge is 0.206 e. The minimum atomic E-state index is -0.278. The summed E-state index contributed by atoms with van der Waals surface area (Å²) in [6, 6.07) is 8.65. The van der Waals surface area contributed by atoms with Crippen LogP contribution in [-0.2, 0) is 0 Å². The summed E-state index contributed by atoms with van der Waals surface area (Å²) < 4.78 is 15.6. The minimum Gasteiger partial charge on any atom is -0.206 e. The Morgan fingerprint density at radius 1 is 1.32 bits per heavy atom. The van der Waals surface area contributed by atoms with Crippen LogP contribution >= 0.6 is 0 Å². The first-order chi connectivity index (χ1) is 10.6. The molecule has 3 nitrogen and oxygen atoms in total. The number of benzene rings is 1. The van der Waals surface area contributed by atoms with Gasteiger partial charge in [-0.05, 0) is 42.7 Å². The first-order valence-corrected chi connectivity index (χ1v) is 7.40. The lowest BCUT2D eigenvalue weighted by atomic mass is 10.0. The first-order valence-electron chi connectivity index (χ1n) is 7.40. The molecule has 4 heteroatoms. The SMILES string of the molecule is C=C(CCC)c1cnn2nc(-c3ccccc3F)c(C)cc12. The Morgan fingerprint density at radius 2 is 2.09 bits per heavy atom. The van der Waals surface area contributed by atoms with Crippen molar-refractivity contribution >= 4 is 11.1 Å². The molecule has 0 aliphatic carbocycles. The molecule has 0 N–H and O–H groups in total. The zero-order valence-electron chi connectivity index (χ0n) is 12.8. The van der Waals surface area contributed by atoms with Crippen molar-refractivity contribution in [3.63, 3.8) is 0 Å². The van der Waals surface area contributed by atoms with Gasteiger partial charge in [0.1, 0.15) is 5.82 Å². The van der Waals surface area contributed by atoms with Crippen molar-refractivity contribution in [3.8, 4) is 11.3 Å². The van der Waals surface area contributed by atoms with Gasteiger partial charge in [0, 0.05) is 11.1 Å². The van der Waals surface area contributed by atoms with Crippen molar-refractivity contribution in [3.05, 3.63) is 60.1 Å². The second kappa shape index (κ2) is 5.72. The smallest absolute Gasteiger partial charge is 0.132 e. The molecule has 2 aromatic heterocycles. The van der Waals surface area contributed by atoms with E-state index in [2.05, 4.69) is 23.7 Å². The van der Waals surface area contributed by atoms with Crippen LogP contribution < -0.4 is 0 Å². The zero-order valence-corrected chi connectivity index (χ0v) is 12.8. The van der Waals surface area contributed by atoms with Crippen molar-refractivity contribution in [1.82, 2.24) is 14.8 Å². The van der Waals surface area contributed by atoms with Crippen molar-refractivity contribution in [1.29, 1.82) is 0 Å². The van der Waals surface area contributed by atoms with Crippen LogP contribution in [0.5, 0.6) is 0 Å². The van der Waals surface area contributed by atoms with E-state index in [-0.39, 0.29) is 5.82 Å². The highest BCUT2D eigenvalue weighted by atomic mass is 19.1. The summed E-state index contributed by atoms with van der Waals surface area (Å²) in [6.07, 6.45) is 3.75. The van der Waals surface area contributed by atoms with Gasteiger partial charge < -0.3 is 0 Å². The highest BCUT2D eigenvalue weighted by molar-refractivity contribution is 5.78. The predicted molar refractivity (Wildman–Crippen MR) is 87.1 cm³/mol. The number of hydrogen-bond acceptors (Lipinski definition) is 2. The molecule has 0 aliphatic rings. The number of nitrogens with zero attached hydrogens (tertiary/aromatic N) is 3. The second-order valence-electron chi connectivity index (χ2n) is 5.44. The third-order valence-electron chi connectivity index (χ3n) is 3.77. The fourth-order valence-electron chi connectivity index (χ4n) is 2.64. The lowest BCUT2D eigenvalue weighted by Gasteiger charge is -2.08. The third-order valence-corrected chi connectivity index (χ3v) is 3.77. The lowest BCUT2D eigenvalue weighted by Crippen LogP contribution is -2.00. The maximum absolute atomic E-state index is 14.0. The van der Waals surface area contributed by atoms with Gasteiger partial charge in [-0.25, -0.2) is 4.39 Å². The van der Waals surface area contributed by atoms with Crippen molar-refractivity contribution < 1.29 is 4.39 Å². The fraction of sp³-hybridized carbons (Fsp3) is 0.222. The number of aromatic nitrogens is 3. The standard InChI is InChI=1S/C18H18FN3/c1-4-7-12(2)15-11-20-22-17(15)10-13(3)18(21-22)14-8-5-6-9-16(14)19/h5-6,8-11H,2,4,7H2,1,3H3. The van der Waals surface area contributed by atoms with E-state index < -0.39 is 0 Å². The molecule has 2 heterocycles. The molecule has 0 bridgehead atoms. The fourth-order valence-corrected chi connectivity index (χ4v) is 2.64. The number of halogens is 1. The molecular formula is C18H18FN3. The van der Waals surface area contributed by atoms with Gasteiger partial charge in [-0.3, -0.25) is 0 Å². The summed E-state index contributed by atoms with van der Waals surface area (Å²) >= 11 is 0. The maximum atomic E-state index is 14.0. The number of allylic oxidation sites excluding steroid dienone is 1. The summed E-state index contributed by atoms with van der Waals surface area (Å²) in [5, 5.41) is 8.79. The van der Waals surface area contributed by atoms with Gasteiger partial charge in [0.25, 0.3) is 0 Å². The quantitative estimate of drug-likeness (QED) is 0.701. The van der Waals surface area contributed by atoms with Crippen LogP contribution in [-0.4, -0.2) is 14.8 Å². The third kappa shape index (κ3) is 2.41. The molecule has 0 radical (unpaired) electrons. The van der Waals surface area contributed by atoms with Gasteiger partial charge in [-0.15, -0.1) is 5.10 Å². The van der Waals surface area contributed by atoms with Crippen LogP contribution in [0.1, 0.15) is 30.9 Å². The van der Waals surface area contributed by atoms with Gasteiger partial charge >= 0.3 is 0 Å². The molecule has 0 amide bonds. The highest BCUT2D eigenvalue weighted by Crippen LogP contribution is 2.28. The Hall–Kier alpha value is -2.49. The maximum Gasteiger partial charge on any atom is 0.132 e. The van der Waals surface area contributed by atoms with E-state index in [1.807, 2.05) is 13.0 Å². The van der Waals surface area contributed by atoms with E-state index in [1.54, 1.807) is 29.0 Å². The highest BCUT2D eigenvalue weighted by Gasteiger charge is 2.14. The zero-order chi connectivity index (χ0) is 15.7. The van der Waals surface area contributed by atoms with E-state index in [0.29, 0.717) is 11.3 Å². The van der Waals surface area contributed by atoms with E-state index in [9.17, 15) is 4.39 Å². The molecule has 0 saturated carbocycles. The Kier molecular flexibility index (Phi) is 3.75. The normalized spacial score (nSPS) is 11.0. The molecule has 3 rings (SSSR count). The average molecular weight is 295 g/mol. The van der Waals surface area contributed by atoms with Gasteiger partial charge in [0.05, 0.1) is 17.4 Å². The lowest BCUT2D eigenvalue weighted by molar-refractivity contribution is 0.629. The second-order valence-corrected chi connectivity index (χ2v) is 5.44. The molecule has 0 saturated heterocycles. The predicted octanol–water partition coefficient (Wildman–Crippen LogP) is 4.66. The molecule has 0 aliphatic heterocycles. The Bertz CT molecular complexity index is 849. The summed E-state index contributed by atoms with van der Waals surface area (Å²) in [6.45, 7) is 8.18. The summed E-state index contributed by atoms with van der Waals surface area (Å²) in [5.74, 6) is -0.278. The van der Waals surface area contributed by atoms with E-state index in [4.69, 9.17) is 0 Å². The summed E-state index contributed by atoms with van der Waals surface area (Å²) in [4.78, 5) is 0. The Labute approximate surface area is 129 Å². The molecular weight excluding hydrogens is 277 g/mol. The van der Waals surface area contributed by atoms with Gasteiger partial charge in [0.15, 0.2) is 0 Å². The number of aryl methyl sites for hydroxylation is 1. The molecule has 3 aromatic rings. The summed E-state index contributed by atoms with van der Waals surface area (Å²) in [5.41, 5.74) is 5.00. The Balaban J connectivity index is 2.15. The van der Waals surface area contributed by atoms with Crippen molar-refractivity contribution in [2.45, 2.75) is 26.7 Å². The first kappa shape index (κ1) is 14.4. The Morgan fingerprint density at radius 3 is 2.82 bits per heavy atom. The van der Waals surface area contributed by atoms with Gasteiger partial charge in [-0.1, -0.05) is 32.1 Å². The molecule has 0 atom stereocenters. The molecule has 112 valence electrons. The van der Waals surface area contributed by atoms with Gasteiger partial charge in [-0.2, -0.15) is 9.73 Å².